The highest BCUT2D eigenvalue weighted by Crippen LogP contribution is 2.35. The number of rotatable bonds is 3. The molecule has 2 aromatic carbocycles. The minimum Gasteiger partial charge on any atom is -0.370 e. The Kier molecular flexibility index (Phi) is 3.38. The molecule has 0 fully saturated rings. The summed E-state index contributed by atoms with van der Waals surface area (Å²) in [6.07, 6.45) is 1.15. The molecule has 1 aliphatic carbocycles. The molecule has 108 valence electrons. The molecular formula is C17H17ClN2O. The Morgan fingerprint density at radius 2 is 1.90 bits per heavy atom. The lowest BCUT2D eigenvalue weighted by atomic mass is 9.93. The van der Waals surface area contributed by atoms with Gasteiger partial charge in [-0.25, -0.2) is 0 Å². The number of primary amides is 1. The number of nitrogens with one attached hydrogen (secondary N) is 1. The first-order chi connectivity index (χ1) is 10.00. The lowest BCUT2D eigenvalue weighted by Crippen LogP contribution is -2.51. The van der Waals surface area contributed by atoms with Crippen LogP contribution in [0.3, 0.4) is 0 Å². The van der Waals surface area contributed by atoms with E-state index in [0.29, 0.717) is 17.9 Å². The first kappa shape index (κ1) is 14.0. The van der Waals surface area contributed by atoms with Gasteiger partial charge in [0, 0.05) is 23.6 Å². The van der Waals surface area contributed by atoms with Gasteiger partial charge >= 0.3 is 0 Å². The molecule has 0 spiro atoms. The molecule has 0 aromatic heterocycles. The van der Waals surface area contributed by atoms with E-state index in [4.69, 9.17) is 17.3 Å². The number of halogens is 1. The molecule has 0 aliphatic heterocycles. The fourth-order valence-electron chi connectivity index (χ4n) is 2.94. The lowest BCUT2D eigenvalue weighted by molar-refractivity contribution is -0.122. The van der Waals surface area contributed by atoms with Crippen LogP contribution >= 0.6 is 11.6 Å². The van der Waals surface area contributed by atoms with Crippen molar-refractivity contribution < 1.29 is 4.79 Å². The van der Waals surface area contributed by atoms with Gasteiger partial charge < -0.3 is 11.1 Å². The van der Waals surface area contributed by atoms with Crippen molar-refractivity contribution in [1.82, 2.24) is 0 Å². The summed E-state index contributed by atoms with van der Waals surface area (Å²) < 4.78 is 0. The van der Waals surface area contributed by atoms with Gasteiger partial charge in [0.2, 0.25) is 5.91 Å². The fourth-order valence-corrected chi connectivity index (χ4v) is 3.13. The number of anilines is 1. The molecule has 3 nitrogen and oxygen atoms in total. The standard InChI is InChI=1S/C17H17ClN2O/c1-11-4-2-3-5-15(11)20-17(16(19)21)9-12-6-7-14(18)8-13(12)10-17/h2-8,20H,9-10H2,1H3,(H2,19,21). The Balaban J connectivity index is 1.97. The van der Waals surface area contributed by atoms with Gasteiger partial charge in [-0.3, -0.25) is 4.79 Å². The van der Waals surface area contributed by atoms with E-state index in [0.717, 1.165) is 22.4 Å². The van der Waals surface area contributed by atoms with Crippen molar-refractivity contribution in [3.05, 3.63) is 64.2 Å². The van der Waals surface area contributed by atoms with E-state index in [2.05, 4.69) is 5.32 Å². The summed E-state index contributed by atoms with van der Waals surface area (Å²) in [5, 5.41) is 4.06. The van der Waals surface area contributed by atoms with Crippen molar-refractivity contribution in [2.24, 2.45) is 5.73 Å². The Morgan fingerprint density at radius 1 is 1.19 bits per heavy atom. The van der Waals surface area contributed by atoms with E-state index < -0.39 is 5.54 Å². The van der Waals surface area contributed by atoms with E-state index >= 15 is 0 Å². The molecule has 0 saturated heterocycles. The van der Waals surface area contributed by atoms with Gasteiger partial charge in [-0.2, -0.15) is 0 Å². The predicted octanol–water partition coefficient (Wildman–Crippen LogP) is 3.08. The fraction of sp³-hybridized carbons (Fsp3) is 0.235. The van der Waals surface area contributed by atoms with Crippen LogP contribution in [0.1, 0.15) is 16.7 Å². The summed E-state index contributed by atoms with van der Waals surface area (Å²) >= 11 is 6.04. The molecule has 3 rings (SSSR count). The summed E-state index contributed by atoms with van der Waals surface area (Å²) in [5.41, 5.74) is 9.17. The summed E-state index contributed by atoms with van der Waals surface area (Å²) in [6.45, 7) is 2.01. The average Bonchev–Trinajstić information content (AvgIpc) is 2.80. The molecule has 1 unspecified atom stereocenters. The lowest BCUT2D eigenvalue weighted by Gasteiger charge is -2.29. The zero-order valence-corrected chi connectivity index (χ0v) is 12.6. The maximum atomic E-state index is 12.1. The highest BCUT2D eigenvalue weighted by atomic mass is 35.5. The molecule has 0 radical (unpaired) electrons. The minimum absolute atomic E-state index is 0.335. The molecule has 0 heterocycles. The second kappa shape index (κ2) is 5.08. The molecule has 0 saturated carbocycles. The SMILES string of the molecule is Cc1ccccc1NC1(C(N)=O)Cc2ccc(Cl)cc2C1. The maximum Gasteiger partial charge on any atom is 0.243 e. The predicted molar refractivity (Wildman–Crippen MR) is 85.6 cm³/mol. The Morgan fingerprint density at radius 3 is 2.62 bits per heavy atom. The van der Waals surface area contributed by atoms with Crippen LogP contribution in [0.25, 0.3) is 0 Å². The molecule has 1 aliphatic rings. The number of aryl methyl sites for hydroxylation is 1. The topological polar surface area (TPSA) is 55.1 Å². The molecule has 0 bridgehead atoms. The van der Waals surface area contributed by atoms with Gasteiger partial charge in [0.25, 0.3) is 0 Å². The Bertz CT molecular complexity index is 714. The molecule has 1 amide bonds. The van der Waals surface area contributed by atoms with Crippen molar-refractivity contribution in [1.29, 1.82) is 0 Å². The second-order valence-corrected chi connectivity index (χ2v) is 6.09. The Labute approximate surface area is 129 Å². The van der Waals surface area contributed by atoms with Gasteiger partial charge in [0.05, 0.1) is 0 Å². The van der Waals surface area contributed by atoms with Crippen molar-refractivity contribution in [3.63, 3.8) is 0 Å². The summed E-state index contributed by atoms with van der Waals surface area (Å²) in [7, 11) is 0. The number of carbonyl (C=O) groups excluding carboxylic acids is 1. The van der Waals surface area contributed by atoms with Gasteiger partial charge in [0.15, 0.2) is 0 Å². The number of hydrogen-bond donors (Lipinski definition) is 2. The van der Waals surface area contributed by atoms with Crippen LogP contribution in [-0.4, -0.2) is 11.4 Å². The third kappa shape index (κ3) is 2.49. The smallest absolute Gasteiger partial charge is 0.243 e. The quantitative estimate of drug-likeness (QED) is 0.915. The van der Waals surface area contributed by atoms with Crippen molar-refractivity contribution in [3.8, 4) is 0 Å². The highest BCUT2D eigenvalue weighted by molar-refractivity contribution is 6.30. The van der Waals surface area contributed by atoms with Crippen LogP contribution < -0.4 is 11.1 Å². The van der Waals surface area contributed by atoms with Crippen LogP contribution in [0.15, 0.2) is 42.5 Å². The van der Waals surface area contributed by atoms with Crippen molar-refractivity contribution >= 4 is 23.2 Å². The number of nitrogens with two attached hydrogens (primary N) is 1. The zero-order valence-electron chi connectivity index (χ0n) is 11.8. The molecular weight excluding hydrogens is 284 g/mol. The van der Waals surface area contributed by atoms with E-state index in [9.17, 15) is 4.79 Å². The third-order valence-electron chi connectivity index (χ3n) is 4.14. The van der Waals surface area contributed by atoms with Crippen LogP contribution in [0.4, 0.5) is 5.69 Å². The monoisotopic (exact) mass is 300 g/mol. The molecule has 21 heavy (non-hydrogen) atoms. The normalized spacial score (nSPS) is 20.1. The van der Waals surface area contributed by atoms with Crippen LogP contribution in [0, 0.1) is 6.92 Å². The first-order valence-electron chi connectivity index (χ1n) is 6.91. The maximum absolute atomic E-state index is 12.1. The van der Waals surface area contributed by atoms with Gasteiger partial charge in [0.1, 0.15) is 5.54 Å². The van der Waals surface area contributed by atoms with Crippen molar-refractivity contribution in [2.75, 3.05) is 5.32 Å². The van der Waals surface area contributed by atoms with Gasteiger partial charge in [-0.1, -0.05) is 35.9 Å². The number of amides is 1. The summed E-state index contributed by atoms with van der Waals surface area (Å²) in [6, 6.07) is 13.6. The van der Waals surface area contributed by atoms with Crippen molar-refractivity contribution in [2.45, 2.75) is 25.3 Å². The summed E-state index contributed by atoms with van der Waals surface area (Å²) in [4.78, 5) is 12.1. The second-order valence-electron chi connectivity index (χ2n) is 5.65. The largest absolute Gasteiger partial charge is 0.370 e. The van der Waals surface area contributed by atoms with Gasteiger partial charge in [-0.15, -0.1) is 0 Å². The number of carbonyl (C=O) groups is 1. The van der Waals surface area contributed by atoms with E-state index in [1.54, 1.807) is 0 Å². The molecule has 4 heteroatoms. The average molecular weight is 301 g/mol. The van der Waals surface area contributed by atoms with E-state index in [1.807, 2.05) is 49.4 Å². The minimum atomic E-state index is -0.779. The third-order valence-corrected chi connectivity index (χ3v) is 4.38. The molecule has 2 aromatic rings. The first-order valence-corrected chi connectivity index (χ1v) is 7.29. The molecule has 1 atom stereocenters. The van der Waals surface area contributed by atoms with Crippen LogP contribution in [-0.2, 0) is 17.6 Å². The molecule has 3 N–H and O–H groups in total. The van der Waals surface area contributed by atoms with Crippen LogP contribution in [0.5, 0.6) is 0 Å². The zero-order chi connectivity index (χ0) is 15.0. The number of para-hydroxylation sites is 1. The summed E-state index contributed by atoms with van der Waals surface area (Å²) in [5.74, 6) is -0.335. The van der Waals surface area contributed by atoms with E-state index in [-0.39, 0.29) is 5.91 Å². The highest BCUT2D eigenvalue weighted by Gasteiger charge is 2.42. The Hall–Kier alpha value is -2.00. The number of hydrogen-bond acceptors (Lipinski definition) is 2. The number of benzene rings is 2. The van der Waals surface area contributed by atoms with Crippen LogP contribution in [0.2, 0.25) is 5.02 Å². The van der Waals surface area contributed by atoms with E-state index in [1.165, 1.54) is 0 Å². The number of fused-ring (bicyclic) bond motifs is 1. The van der Waals surface area contributed by atoms with Gasteiger partial charge in [-0.05, 0) is 41.8 Å².